The molecule has 130 valence electrons. The van der Waals surface area contributed by atoms with Gasteiger partial charge in [-0.3, -0.25) is 0 Å². The average Bonchev–Trinajstić information content (AvgIpc) is 2.39. The van der Waals surface area contributed by atoms with Gasteiger partial charge in [-0.2, -0.15) is 0 Å². The van der Waals surface area contributed by atoms with E-state index in [0.717, 1.165) is 44.9 Å². The van der Waals surface area contributed by atoms with Crippen LogP contribution < -0.4 is 0 Å². The highest BCUT2D eigenvalue weighted by atomic mass is 127. The van der Waals surface area contributed by atoms with E-state index in [0.29, 0.717) is 6.42 Å². The third-order valence-corrected chi connectivity index (χ3v) is 5.97. The van der Waals surface area contributed by atoms with Gasteiger partial charge < -0.3 is 0 Å². The Morgan fingerprint density at radius 1 is 0.682 bits per heavy atom. The maximum atomic E-state index is 12.7. The van der Waals surface area contributed by atoms with Crippen LogP contribution in [0.4, 0.5) is 15.5 Å². The van der Waals surface area contributed by atoms with Gasteiger partial charge in [0, 0.05) is 0 Å². The molecule has 0 N–H and O–H groups in total. The molecular weight excluding hydrogens is 427 g/mol. The summed E-state index contributed by atoms with van der Waals surface area (Å²) < 4.78 is 50.9. The minimum atomic E-state index is -7.70. The first-order valence-corrected chi connectivity index (χ1v) is 12.6. The molecule has 0 aromatic heterocycles. The number of hydrogen-bond donors (Lipinski definition) is 0. The van der Waals surface area contributed by atoms with Crippen LogP contribution in [0.1, 0.15) is 56.9 Å². The molecule has 22 heavy (non-hydrogen) atoms. The maximum Gasteiger partial charge on any atom is 0.206 e. The number of rotatable bonds is 11. The van der Waals surface area contributed by atoms with E-state index < -0.39 is 12.8 Å². The summed E-state index contributed by atoms with van der Waals surface area (Å²) >= 11 is 0.0846. The summed E-state index contributed by atoms with van der Waals surface area (Å²) in [6, 6.07) is 10.3. The molecule has 0 aliphatic rings. The summed E-state index contributed by atoms with van der Waals surface area (Å²) in [6.45, 7) is 0. The quantitative estimate of drug-likeness (QED) is 0.181. The van der Waals surface area contributed by atoms with Crippen LogP contribution in [0.15, 0.2) is 30.3 Å². The molecule has 0 heterocycles. The van der Waals surface area contributed by atoms with Crippen LogP contribution in [0.2, 0.25) is 0 Å². The highest BCUT2D eigenvalue weighted by Crippen LogP contribution is 3.02. The van der Waals surface area contributed by atoms with Gasteiger partial charge in [-0.15, -0.1) is 15.5 Å². The van der Waals surface area contributed by atoms with Crippen LogP contribution in [0, 0.1) is 0 Å². The number of halogens is 5. The Morgan fingerprint density at radius 3 is 1.64 bits per heavy atom. The Labute approximate surface area is 143 Å². The highest BCUT2D eigenvalue weighted by molar-refractivity contribution is 14.2. The van der Waals surface area contributed by atoms with Gasteiger partial charge in [0.1, 0.15) is 0 Å². The molecule has 6 heteroatoms. The van der Waals surface area contributed by atoms with Crippen molar-refractivity contribution in [2.75, 3.05) is 5.75 Å². The Bertz CT molecular complexity index is 430. The summed E-state index contributed by atoms with van der Waals surface area (Å²) in [5.41, 5.74) is 1.35. The van der Waals surface area contributed by atoms with Crippen LogP contribution >= 0.6 is 28.2 Å². The van der Waals surface area contributed by atoms with Gasteiger partial charge in [0.25, 0.3) is 0 Å². The lowest BCUT2D eigenvalue weighted by Gasteiger charge is -2.43. The van der Waals surface area contributed by atoms with Gasteiger partial charge in [-0.25, -0.2) is 0 Å². The Kier molecular flexibility index (Phi) is 7.05. The zero-order valence-electron chi connectivity index (χ0n) is 12.8. The summed E-state index contributed by atoms with van der Waals surface area (Å²) in [7, 11) is -7.70. The van der Waals surface area contributed by atoms with Crippen molar-refractivity contribution in [2.24, 2.45) is 0 Å². The maximum absolute atomic E-state index is 12.7. The predicted octanol–water partition coefficient (Wildman–Crippen LogP) is 8.11. The van der Waals surface area contributed by atoms with Crippen molar-refractivity contribution < 1.29 is 15.5 Å². The molecule has 0 bridgehead atoms. The molecule has 0 saturated heterocycles. The van der Waals surface area contributed by atoms with Crippen molar-refractivity contribution in [1.29, 1.82) is 0 Å². The zero-order valence-corrected chi connectivity index (χ0v) is 15.7. The Morgan fingerprint density at radius 2 is 1.14 bits per heavy atom. The minimum absolute atomic E-state index is 0.0846. The molecule has 1 aromatic carbocycles. The lowest BCUT2D eigenvalue weighted by atomic mass is 10.0. The molecule has 0 spiro atoms. The van der Waals surface area contributed by atoms with E-state index in [1.165, 1.54) is 5.56 Å². The molecule has 0 amide bonds. The van der Waals surface area contributed by atoms with Crippen LogP contribution in [-0.2, 0) is 6.42 Å². The first kappa shape index (κ1) is 20.1. The van der Waals surface area contributed by atoms with E-state index in [9.17, 15) is 15.5 Å². The monoisotopic (exact) mass is 452 g/mol. The molecule has 0 nitrogen and oxygen atoms in total. The molecule has 0 radical (unpaired) electrons. The highest BCUT2D eigenvalue weighted by Gasteiger charge is 2.58. The first-order valence-electron chi connectivity index (χ1n) is 7.82. The van der Waals surface area contributed by atoms with Crippen LogP contribution in [0.3, 0.4) is 0 Å². The predicted molar refractivity (Wildman–Crippen MR) is 98.0 cm³/mol. The van der Waals surface area contributed by atoms with Crippen LogP contribution in [0.25, 0.3) is 0 Å². The molecule has 1 rings (SSSR count). The number of hydrogen-bond acceptors (Lipinski definition) is 0. The van der Waals surface area contributed by atoms with E-state index in [4.69, 9.17) is 0 Å². The third kappa shape index (κ3) is 12.6. The van der Waals surface area contributed by atoms with Gasteiger partial charge >= 0.3 is 0 Å². The smallest absolute Gasteiger partial charge is 0.116 e. The normalized spacial score (nSPS) is 15.3. The fraction of sp³-hybridized carbons (Fsp3) is 0.625. The molecule has 0 saturated carbocycles. The summed E-state index contributed by atoms with van der Waals surface area (Å²) in [6.07, 6.45) is 7.67. The van der Waals surface area contributed by atoms with E-state index in [1.54, 1.807) is 0 Å². The van der Waals surface area contributed by atoms with Gasteiger partial charge in [0.2, 0.25) is 7.01 Å². The van der Waals surface area contributed by atoms with Crippen LogP contribution in [0.5, 0.6) is 0 Å². The zero-order chi connectivity index (χ0) is 16.6. The third-order valence-electron chi connectivity index (χ3n) is 3.59. The summed E-state index contributed by atoms with van der Waals surface area (Å²) in [5.74, 6) is -1.25. The van der Waals surface area contributed by atoms with E-state index in [2.05, 4.69) is 12.1 Å². The van der Waals surface area contributed by atoms with Crippen molar-refractivity contribution >= 4 is 28.2 Å². The van der Waals surface area contributed by atoms with Gasteiger partial charge in [0.15, 0.2) is 0 Å². The van der Waals surface area contributed by atoms with Gasteiger partial charge in [-0.1, -0.05) is 68.9 Å². The molecule has 0 aliphatic heterocycles. The summed E-state index contributed by atoms with van der Waals surface area (Å²) in [4.78, 5) is 0. The lowest BCUT2D eigenvalue weighted by molar-refractivity contribution is 0.480. The van der Waals surface area contributed by atoms with Crippen molar-refractivity contribution in [2.45, 2.75) is 57.8 Å². The van der Waals surface area contributed by atoms with Crippen molar-refractivity contribution in [3.05, 3.63) is 35.9 Å². The first-order chi connectivity index (χ1) is 10.1. The fourth-order valence-corrected chi connectivity index (χ4v) is 4.09. The van der Waals surface area contributed by atoms with Crippen molar-refractivity contribution in [3.63, 3.8) is 0 Å². The molecule has 0 aliphatic carbocycles. The molecule has 0 atom stereocenters. The SMILES string of the molecule is FS(F)(F)(F)(I)CCCCCCCCCCc1ccccc1. The van der Waals surface area contributed by atoms with Crippen molar-refractivity contribution in [3.8, 4) is 0 Å². The molecular formula is C16H25F4IS. The molecule has 1 aromatic rings. The largest absolute Gasteiger partial charge is 0.206 e. The van der Waals surface area contributed by atoms with Gasteiger partial charge in [0.05, 0.1) is 27.0 Å². The average molecular weight is 452 g/mol. The van der Waals surface area contributed by atoms with E-state index in [-0.39, 0.29) is 27.6 Å². The topological polar surface area (TPSA) is 0 Å². The van der Waals surface area contributed by atoms with E-state index >= 15 is 0 Å². The number of benzene rings is 1. The fourth-order valence-electron chi connectivity index (χ4n) is 2.41. The van der Waals surface area contributed by atoms with Crippen molar-refractivity contribution in [1.82, 2.24) is 0 Å². The molecule has 0 fully saturated rings. The number of unbranched alkanes of at least 4 members (excludes halogenated alkanes) is 7. The summed E-state index contributed by atoms with van der Waals surface area (Å²) in [5, 5.41) is 0. The lowest BCUT2D eigenvalue weighted by Crippen LogP contribution is -2.08. The molecule has 0 unspecified atom stereocenters. The Balaban J connectivity index is 1.92. The second kappa shape index (κ2) is 7.73. The number of aryl methyl sites for hydroxylation is 1. The van der Waals surface area contributed by atoms with Gasteiger partial charge in [-0.05, 0) is 24.8 Å². The Hall–Kier alpha value is 0.0200. The second-order valence-corrected chi connectivity index (χ2v) is 14.4. The minimum Gasteiger partial charge on any atom is -0.116 e. The van der Waals surface area contributed by atoms with E-state index in [1.807, 2.05) is 18.2 Å². The standard InChI is InChI=1S/C16H25F4IS/c17-22(18,19,20,21)15-11-6-4-2-1-3-5-8-12-16-13-9-7-10-14-16/h7,9-10,13-14H,1-6,8,11-12,15H2. The second-order valence-electron chi connectivity index (χ2n) is 5.90. The van der Waals surface area contributed by atoms with Crippen LogP contribution in [-0.4, -0.2) is 5.75 Å².